The molecule has 0 saturated carbocycles. The van der Waals surface area contributed by atoms with E-state index in [0.717, 1.165) is 19.5 Å². The largest absolute Gasteiger partial charge is 0.451 e. The van der Waals surface area contributed by atoms with Gasteiger partial charge in [0.25, 0.3) is 0 Å². The molecule has 3 rings (SSSR count). The van der Waals surface area contributed by atoms with E-state index in [-0.39, 0.29) is 5.91 Å². The summed E-state index contributed by atoms with van der Waals surface area (Å²) < 4.78 is 7.99. The van der Waals surface area contributed by atoms with Gasteiger partial charge in [-0.25, -0.2) is 0 Å². The van der Waals surface area contributed by atoms with E-state index in [4.69, 9.17) is 4.42 Å². The fourth-order valence-corrected chi connectivity index (χ4v) is 3.03. The van der Waals surface area contributed by atoms with E-state index in [2.05, 4.69) is 38.1 Å². The monoisotopic (exact) mass is 452 g/mol. The van der Waals surface area contributed by atoms with Gasteiger partial charge in [0.1, 0.15) is 12.1 Å². The van der Waals surface area contributed by atoms with Crippen molar-refractivity contribution in [2.45, 2.75) is 10.1 Å². The van der Waals surface area contributed by atoms with Gasteiger partial charge in [0.15, 0.2) is 8.92 Å². The third-order valence-corrected chi connectivity index (χ3v) is 4.63. The number of carbonyl (C=O) groups excluding carboxylic acids is 1. The summed E-state index contributed by atoms with van der Waals surface area (Å²) in [6.07, 6.45) is 4.73. The fourth-order valence-electron chi connectivity index (χ4n) is 1.84. The van der Waals surface area contributed by atoms with E-state index < -0.39 is 0 Å². The summed E-state index contributed by atoms with van der Waals surface area (Å²) >= 11 is 3.58. The molecule has 2 heterocycles. The van der Waals surface area contributed by atoms with Gasteiger partial charge in [-0.3, -0.25) is 4.79 Å². The molecule has 6 nitrogen and oxygen atoms in total. The standard InChI is InChI=1S/C16H13IN4O2S/c1-21-10-18-20-16(21)24-13-6-2-11(3-7-13)19-15(22)9-5-12-4-8-14(17)23-12/h2-10H,1H3,(H,19,22)/b9-5+. The van der Waals surface area contributed by atoms with Crippen LogP contribution in [0.1, 0.15) is 5.76 Å². The lowest BCUT2D eigenvalue weighted by atomic mass is 10.3. The Kier molecular flexibility index (Phi) is 5.36. The highest BCUT2D eigenvalue weighted by Crippen LogP contribution is 2.26. The number of hydrogen-bond acceptors (Lipinski definition) is 5. The number of carbonyl (C=O) groups is 1. The van der Waals surface area contributed by atoms with Crippen molar-refractivity contribution in [3.05, 3.63) is 58.3 Å². The number of aryl methyl sites for hydroxylation is 1. The molecule has 0 spiro atoms. The van der Waals surface area contributed by atoms with Crippen molar-refractivity contribution < 1.29 is 9.21 Å². The van der Waals surface area contributed by atoms with Crippen molar-refractivity contribution in [1.29, 1.82) is 0 Å². The Hall–Kier alpha value is -2.07. The van der Waals surface area contributed by atoms with Crippen molar-refractivity contribution in [2.24, 2.45) is 7.05 Å². The lowest BCUT2D eigenvalue weighted by Gasteiger charge is -2.04. The number of anilines is 1. The smallest absolute Gasteiger partial charge is 0.248 e. The van der Waals surface area contributed by atoms with Crippen molar-refractivity contribution >= 4 is 52.0 Å². The first kappa shape index (κ1) is 16.8. The first-order chi connectivity index (χ1) is 11.6. The Labute approximate surface area is 156 Å². The highest BCUT2D eigenvalue weighted by atomic mass is 127. The van der Waals surface area contributed by atoms with E-state index in [1.54, 1.807) is 12.4 Å². The highest BCUT2D eigenvalue weighted by molar-refractivity contribution is 14.1. The predicted molar refractivity (Wildman–Crippen MR) is 101 cm³/mol. The number of nitrogens with zero attached hydrogens (tertiary/aromatic N) is 3. The maximum Gasteiger partial charge on any atom is 0.248 e. The normalized spacial score (nSPS) is 11.1. The lowest BCUT2D eigenvalue weighted by Crippen LogP contribution is -2.07. The number of amides is 1. The van der Waals surface area contributed by atoms with Gasteiger partial charge in [0.05, 0.1) is 0 Å². The molecule has 0 atom stereocenters. The summed E-state index contributed by atoms with van der Waals surface area (Å²) in [4.78, 5) is 12.9. The number of aromatic nitrogens is 3. The SMILES string of the molecule is Cn1cnnc1Sc1ccc(NC(=O)/C=C/c2ccc(I)o2)cc1. The molecule has 0 aliphatic carbocycles. The molecule has 1 amide bonds. The summed E-state index contributed by atoms with van der Waals surface area (Å²) in [6, 6.07) is 11.2. The second-order valence-corrected chi connectivity index (χ2v) is 6.92. The topological polar surface area (TPSA) is 73.0 Å². The minimum absolute atomic E-state index is 0.213. The summed E-state index contributed by atoms with van der Waals surface area (Å²) in [7, 11) is 1.89. The number of nitrogens with one attached hydrogen (secondary N) is 1. The Bertz CT molecular complexity index is 870. The van der Waals surface area contributed by atoms with Crippen LogP contribution in [0.3, 0.4) is 0 Å². The number of halogens is 1. The minimum Gasteiger partial charge on any atom is -0.451 e. The molecule has 1 aromatic carbocycles. The van der Waals surface area contributed by atoms with Crippen LogP contribution in [0.4, 0.5) is 5.69 Å². The third kappa shape index (κ3) is 4.48. The predicted octanol–water partition coefficient (Wildman–Crippen LogP) is 3.82. The summed E-state index contributed by atoms with van der Waals surface area (Å²) in [5, 5.41) is 11.5. The second kappa shape index (κ2) is 7.67. The van der Waals surface area contributed by atoms with Crippen LogP contribution in [0.2, 0.25) is 0 Å². The molecule has 1 N–H and O–H groups in total. The molecule has 0 aliphatic heterocycles. The van der Waals surface area contributed by atoms with Crippen molar-refractivity contribution in [2.75, 3.05) is 5.32 Å². The molecule has 2 aromatic heterocycles. The van der Waals surface area contributed by atoms with E-state index >= 15 is 0 Å². The lowest BCUT2D eigenvalue weighted by molar-refractivity contribution is -0.111. The molecular formula is C16H13IN4O2S. The van der Waals surface area contributed by atoms with Gasteiger partial charge in [-0.15, -0.1) is 10.2 Å². The summed E-state index contributed by atoms with van der Waals surface area (Å²) in [6.45, 7) is 0. The van der Waals surface area contributed by atoms with Crippen LogP contribution >= 0.6 is 34.4 Å². The molecule has 0 radical (unpaired) electrons. The number of hydrogen-bond donors (Lipinski definition) is 1. The van der Waals surface area contributed by atoms with E-state index in [9.17, 15) is 4.79 Å². The molecule has 8 heteroatoms. The van der Waals surface area contributed by atoms with Crippen LogP contribution < -0.4 is 5.32 Å². The Morgan fingerprint density at radius 2 is 2.08 bits per heavy atom. The summed E-state index contributed by atoms with van der Waals surface area (Å²) in [5.41, 5.74) is 0.723. The van der Waals surface area contributed by atoms with Crippen LogP contribution in [0, 0.1) is 3.77 Å². The average Bonchev–Trinajstić information content (AvgIpc) is 3.16. The zero-order chi connectivity index (χ0) is 16.9. The molecule has 3 aromatic rings. The van der Waals surface area contributed by atoms with Crippen LogP contribution in [0.5, 0.6) is 0 Å². The second-order valence-electron chi connectivity index (χ2n) is 4.82. The Balaban J connectivity index is 1.58. The maximum absolute atomic E-state index is 11.9. The maximum atomic E-state index is 11.9. The molecule has 0 aliphatic rings. The molecule has 122 valence electrons. The van der Waals surface area contributed by atoms with E-state index in [0.29, 0.717) is 5.76 Å². The number of furan rings is 1. The highest BCUT2D eigenvalue weighted by Gasteiger charge is 2.04. The van der Waals surface area contributed by atoms with Crippen molar-refractivity contribution in [3.63, 3.8) is 0 Å². The first-order valence-corrected chi connectivity index (χ1v) is 8.86. The molecule has 0 bridgehead atoms. The van der Waals surface area contributed by atoms with Gasteiger partial charge < -0.3 is 14.3 Å². The molecular weight excluding hydrogens is 439 g/mol. The van der Waals surface area contributed by atoms with Crippen LogP contribution in [-0.2, 0) is 11.8 Å². The van der Waals surface area contributed by atoms with Crippen molar-refractivity contribution in [3.8, 4) is 0 Å². The zero-order valence-electron chi connectivity index (χ0n) is 12.6. The van der Waals surface area contributed by atoms with Gasteiger partial charge in [0.2, 0.25) is 5.91 Å². The third-order valence-electron chi connectivity index (χ3n) is 2.99. The molecule has 24 heavy (non-hydrogen) atoms. The number of benzene rings is 1. The van der Waals surface area contributed by atoms with E-state index in [1.165, 1.54) is 17.8 Å². The average molecular weight is 452 g/mol. The Morgan fingerprint density at radius 1 is 1.29 bits per heavy atom. The first-order valence-electron chi connectivity index (χ1n) is 6.96. The molecule has 0 unspecified atom stereocenters. The summed E-state index contributed by atoms with van der Waals surface area (Å²) in [5.74, 6) is 0.431. The molecule has 0 saturated heterocycles. The van der Waals surface area contributed by atoms with Crippen LogP contribution in [0.25, 0.3) is 6.08 Å². The minimum atomic E-state index is -0.213. The van der Waals surface area contributed by atoms with Crippen molar-refractivity contribution in [1.82, 2.24) is 14.8 Å². The van der Waals surface area contributed by atoms with Gasteiger partial charge in [0, 0.05) is 23.7 Å². The van der Waals surface area contributed by atoms with Crippen LogP contribution in [-0.4, -0.2) is 20.7 Å². The Morgan fingerprint density at radius 3 is 2.71 bits per heavy atom. The van der Waals surface area contributed by atoms with Crippen LogP contribution in [0.15, 0.2) is 63.3 Å². The van der Waals surface area contributed by atoms with Gasteiger partial charge in [-0.05, 0) is 76.8 Å². The van der Waals surface area contributed by atoms with E-state index in [1.807, 2.05) is 48.0 Å². The number of rotatable bonds is 5. The van der Waals surface area contributed by atoms with Gasteiger partial charge in [-0.2, -0.15) is 0 Å². The van der Waals surface area contributed by atoms with Gasteiger partial charge >= 0.3 is 0 Å². The quantitative estimate of drug-likeness (QED) is 0.471. The fraction of sp³-hybridized carbons (Fsp3) is 0.0625. The zero-order valence-corrected chi connectivity index (χ0v) is 15.6. The molecule has 0 fully saturated rings. The van der Waals surface area contributed by atoms with Gasteiger partial charge in [-0.1, -0.05) is 0 Å².